The minimum atomic E-state index is -0.988. The molecule has 9 heteroatoms. The summed E-state index contributed by atoms with van der Waals surface area (Å²) >= 11 is 0. The van der Waals surface area contributed by atoms with Crippen LogP contribution in [0.5, 0.6) is 5.75 Å². The predicted molar refractivity (Wildman–Crippen MR) is 134 cm³/mol. The van der Waals surface area contributed by atoms with E-state index in [-0.39, 0.29) is 24.4 Å². The summed E-state index contributed by atoms with van der Waals surface area (Å²) in [6.45, 7) is -0.0968. The van der Waals surface area contributed by atoms with Crippen LogP contribution in [0.15, 0.2) is 71.3 Å². The molecule has 0 saturated heterocycles. The van der Waals surface area contributed by atoms with Crippen LogP contribution in [0.2, 0.25) is 0 Å². The number of para-hydroxylation sites is 1. The number of benzene rings is 2. The molecule has 1 unspecified atom stereocenters. The molecular formula is C27H29N5O4. The van der Waals surface area contributed by atoms with Crippen LogP contribution in [-0.4, -0.2) is 40.0 Å². The topological polar surface area (TPSA) is 102 Å². The molecule has 2 aromatic carbocycles. The first-order valence-electron chi connectivity index (χ1n) is 12.2. The van der Waals surface area contributed by atoms with Gasteiger partial charge in [-0.3, -0.25) is 14.5 Å². The third-order valence-corrected chi connectivity index (χ3v) is 6.60. The molecule has 36 heavy (non-hydrogen) atoms. The lowest BCUT2D eigenvalue weighted by Crippen LogP contribution is -2.48. The molecule has 1 saturated carbocycles. The normalized spacial score (nSPS) is 14.9. The van der Waals surface area contributed by atoms with Crippen LogP contribution in [0.4, 0.5) is 5.69 Å². The lowest BCUT2D eigenvalue weighted by molar-refractivity contribution is -0.128. The van der Waals surface area contributed by atoms with Crippen molar-refractivity contribution in [2.45, 2.75) is 50.7 Å². The molecule has 1 atom stereocenters. The number of carbonyl (C=O) groups is 2. The number of aromatic nitrogens is 3. The Morgan fingerprint density at radius 2 is 1.86 bits per heavy atom. The number of ether oxygens (including phenoxy) is 1. The number of anilines is 1. The number of hydrogen-bond acceptors (Lipinski definition) is 6. The number of carbonyl (C=O) groups excluding carboxylic acids is 2. The van der Waals surface area contributed by atoms with Gasteiger partial charge in [0.05, 0.1) is 18.9 Å². The fraction of sp³-hybridized carbons (Fsp3) is 0.333. The Labute approximate surface area is 209 Å². The average molecular weight is 488 g/mol. The summed E-state index contributed by atoms with van der Waals surface area (Å²) in [5.41, 5.74) is 1.98. The highest BCUT2D eigenvalue weighted by Crippen LogP contribution is 2.31. The summed E-state index contributed by atoms with van der Waals surface area (Å²) < 4.78 is 12.5. The van der Waals surface area contributed by atoms with Crippen molar-refractivity contribution in [2.24, 2.45) is 0 Å². The first-order chi connectivity index (χ1) is 17.6. The Morgan fingerprint density at radius 3 is 2.58 bits per heavy atom. The zero-order valence-electron chi connectivity index (χ0n) is 20.2. The number of methoxy groups -OCH3 is 1. The van der Waals surface area contributed by atoms with Crippen molar-refractivity contribution >= 4 is 28.5 Å². The molecule has 5 rings (SSSR count). The van der Waals surface area contributed by atoms with Crippen molar-refractivity contribution < 1.29 is 18.7 Å². The van der Waals surface area contributed by atoms with Crippen LogP contribution in [0, 0.1) is 0 Å². The highest BCUT2D eigenvalue weighted by molar-refractivity contribution is 6.01. The van der Waals surface area contributed by atoms with Crippen molar-refractivity contribution in [1.82, 2.24) is 20.3 Å². The van der Waals surface area contributed by atoms with Crippen LogP contribution >= 0.6 is 0 Å². The van der Waals surface area contributed by atoms with Crippen LogP contribution in [0.25, 0.3) is 11.0 Å². The number of hydrogen-bond donors (Lipinski definition) is 1. The van der Waals surface area contributed by atoms with Crippen LogP contribution in [0.1, 0.15) is 43.9 Å². The fourth-order valence-electron chi connectivity index (χ4n) is 4.77. The van der Waals surface area contributed by atoms with Gasteiger partial charge < -0.3 is 14.5 Å². The largest absolute Gasteiger partial charge is 0.497 e. The van der Waals surface area contributed by atoms with E-state index in [9.17, 15) is 9.59 Å². The molecule has 0 spiro atoms. The number of fused-ring (bicyclic) bond motifs is 1. The standard InChI is InChI=1S/C27H29N5O4/c1-35-21-15-13-20(14-16-21)32(25(33)18-31-23-11-6-5-10-22(23)29-30-31)26(24-12-7-17-36-24)27(34)28-19-8-3-2-4-9-19/h5-7,10-17,19,26H,2-4,8-9,18H2,1H3,(H,28,34). The summed E-state index contributed by atoms with van der Waals surface area (Å²) in [6.07, 6.45) is 6.71. The fourth-order valence-corrected chi connectivity index (χ4v) is 4.77. The Bertz CT molecular complexity index is 1310. The smallest absolute Gasteiger partial charge is 0.251 e. The second-order valence-electron chi connectivity index (χ2n) is 8.96. The van der Waals surface area contributed by atoms with Crippen LogP contribution in [0.3, 0.4) is 0 Å². The van der Waals surface area contributed by atoms with E-state index in [0.29, 0.717) is 22.7 Å². The van der Waals surface area contributed by atoms with Crippen molar-refractivity contribution in [1.29, 1.82) is 0 Å². The molecule has 2 aromatic heterocycles. The summed E-state index contributed by atoms with van der Waals surface area (Å²) in [5, 5.41) is 11.5. The quantitative estimate of drug-likeness (QED) is 0.399. The van der Waals surface area contributed by atoms with Gasteiger partial charge in [-0.15, -0.1) is 5.10 Å². The van der Waals surface area contributed by atoms with E-state index < -0.39 is 6.04 Å². The highest BCUT2D eigenvalue weighted by atomic mass is 16.5. The monoisotopic (exact) mass is 487 g/mol. The Kier molecular flexibility index (Phi) is 6.97. The second-order valence-corrected chi connectivity index (χ2v) is 8.96. The number of rotatable bonds is 8. The van der Waals surface area contributed by atoms with E-state index in [2.05, 4.69) is 15.6 Å². The van der Waals surface area contributed by atoms with Crippen LogP contribution < -0.4 is 15.0 Å². The maximum Gasteiger partial charge on any atom is 0.251 e. The molecule has 186 valence electrons. The van der Waals surface area contributed by atoms with Gasteiger partial charge in [0.2, 0.25) is 5.91 Å². The van der Waals surface area contributed by atoms with Gasteiger partial charge in [0, 0.05) is 11.7 Å². The molecule has 2 amide bonds. The molecule has 0 aliphatic heterocycles. The van der Waals surface area contributed by atoms with E-state index >= 15 is 0 Å². The maximum absolute atomic E-state index is 13.9. The highest BCUT2D eigenvalue weighted by Gasteiger charge is 2.36. The minimum Gasteiger partial charge on any atom is -0.497 e. The van der Waals surface area contributed by atoms with E-state index in [1.807, 2.05) is 24.3 Å². The lowest BCUT2D eigenvalue weighted by atomic mass is 9.95. The van der Waals surface area contributed by atoms with Crippen molar-refractivity contribution in [3.63, 3.8) is 0 Å². The predicted octanol–water partition coefficient (Wildman–Crippen LogP) is 4.26. The van der Waals surface area contributed by atoms with Crippen molar-refractivity contribution in [3.05, 3.63) is 72.7 Å². The molecule has 4 aromatic rings. The van der Waals surface area contributed by atoms with Gasteiger partial charge in [-0.05, 0) is 61.4 Å². The third kappa shape index (κ3) is 4.95. The zero-order chi connectivity index (χ0) is 24.9. The van der Waals surface area contributed by atoms with Gasteiger partial charge in [0.15, 0.2) is 6.04 Å². The third-order valence-electron chi connectivity index (χ3n) is 6.60. The molecule has 2 heterocycles. The molecular weight excluding hydrogens is 458 g/mol. The summed E-state index contributed by atoms with van der Waals surface area (Å²) in [6, 6.07) is 17.0. The number of amides is 2. The molecule has 1 fully saturated rings. The van der Waals surface area contributed by atoms with E-state index in [4.69, 9.17) is 9.15 Å². The average Bonchev–Trinajstić information content (AvgIpc) is 3.58. The maximum atomic E-state index is 13.9. The summed E-state index contributed by atoms with van der Waals surface area (Å²) in [4.78, 5) is 29.1. The van der Waals surface area contributed by atoms with E-state index in [1.54, 1.807) is 48.2 Å². The van der Waals surface area contributed by atoms with Gasteiger partial charge in [0.1, 0.15) is 23.6 Å². The van der Waals surface area contributed by atoms with Crippen molar-refractivity contribution in [3.8, 4) is 5.75 Å². The van der Waals surface area contributed by atoms with Crippen LogP contribution in [-0.2, 0) is 16.1 Å². The van der Waals surface area contributed by atoms with Gasteiger partial charge in [-0.2, -0.15) is 0 Å². The number of nitrogens with zero attached hydrogens (tertiary/aromatic N) is 4. The first kappa shape index (κ1) is 23.6. The van der Waals surface area contributed by atoms with Gasteiger partial charge >= 0.3 is 0 Å². The molecule has 0 bridgehead atoms. The Morgan fingerprint density at radius 1 is 1.08 bits per heavy atom. The second kappa shape index (κ2) is 10.6. The van der Waals surface area contributed by atoms with E-state index in [1.165, 1.54) is 17.6 Å². The minimum absolute atomic E-state index is 0.0794. The SMILES string of the molecule is COc1ccc(N(C(=O)Cn2nnc3ccccc32)C(C(=O)NC2CCCCC2)c2ccco2)cc1. The number of nitrogens with one attached hydrogen (secondary N) is 1. The first-order valence-corrected chi connectivity index (χ1v) is 12.2. The van der Waals surface area contributed by atoms with Gasteiger partial charge in [-0.25, -0.2) is 4.68 Å². The zero-order valence-corrected chi connectivity index (χ0v) is 20.2. The van der Waals surface area contributed by atoms with Gasteiger partial charge in [0.25, 0.3) is 5.91 Å². The molecule has 1 N–H and O–H groups in total. The molecule has 0 radical (unpaired) electrons. The molecule has 1 aliphatic rings. The summed E-state index contributed by atoms with van der Waals surface area (Å²) in [5.74, 6) is 0.436. The Balaban J connectivity index is 1.52. The van der Waals surface area contributed by atoms with Gasteiger partial charge in [-0.1, -0.05) is 36.6 Å². The molecule has 9 nitrogen and oxygen atoms in total. The molecule has 1 aliphatic carbocycles. The van der Waals surface area contributed by atoms with Crippen molar-refractivity contribution in [2.75, 3.05) is 12.0 Å². The Hall–Kier alpha value is -4.14. The lowest BCUT2D eigenvalue weighted by Gasteiger charge is -2.32. The number of furan rings is 1. The van der Waals surface area contributed by atoms with E-state index in [0.717, 1.165) is 31.2 Å². The summed E-state index contributed by atoms with van der Waals surface area (Å²) in [7, 11) is 1.58.